The summed E-state index contributed by atoms with van der Waals surface area (Å²) in [4.78, 5) is 29.6. The highest BCUT2D eigenvalue weighted by Gasteiger charge is 2.34. The van der Waals surface area contributed by atoms with Crippen molar-refractivity contribution >= 4 is 11.8 Å². The molecule has 4 heteroatoms. The predicted molar refractivity (Wildman–Crippen MR) is 74.1 cm³/mol. The van der Waals surface area contributed by atoms with E-state index in [4.69, 9.17) is 0 Å². The maximum atomic E-state index is 12.3. The van der Waals surface area contributed by atoms with Crippen molar-refractivity contribution in [3.63, 3.8) is 0 Å². The van der Waals surface area contributed by atoms with Crippen LogP contribution in [0.2, 0.25) is 0 Å². The average molecular weight is 266 g/mol. The Bertz CT molecular complexity index is 625. The van der Waals surface area contributed by atoms with Gasteiger partial charge >= 0.3 is 0 Å². The highest BCUT2D eigenvalue weighted by molar-refractivity contribution is 6.05. The molecule has 4 nitrogen and oxygen atoms in total. The zero-order chi connectivity index (χ0) is 13.9. The molecule has 1 atom stereocenters. The first-order valence-corrected chi connectivity index (χ1v) is 6.55. The van der Waals surface area contributed by atoms with E-state index in [-0.39, 0.29) is 17.7 Å². The fraction of sp³-hybridized carbons (Fsp3) is 0.188. The summed E-state index contributed by atoms with van der Waals surface area (Å²) in [5, 5.41) is 0. The van der Waals surface area contributed by atoms with E-state index in [1.54, 1.807) is 18.3 Å². The molecule has 20 heavy (non-hydrogen) atoms. The quantitative estimate of drug-likeness (QED) is 0.783. The van der Waals surface area contributed by atoms with Crippen molar-refractivity contribution in [2.24, 2.45) is 0 Å². The molecule has 1 aliphatic heterocycles. The van der Waals surface area contributed by atoms with Crippen LogP contribution in [0.3, 0.4) is 0 Å². The lowest BCUT2D eigenvalue weighted by Crippen LogP contribution is -2.32. The van der Waals surface area contributed by atoms with E-state index in [9.17, 15) is 9.59 Å². The van der Waals surface area contributed by atoms with Crippen LogP contribution < -0.4 is 0 Å². The van der Waals surface area contributed by atoms with Gasteiger partial charge in [0.2, 0.25) is 5.91 Å². The van der Waals surface area contributed by atoms with Crippen LogP contribution in [-0.2, 0) is 4.79 Å². The largest absolute Gasteiger partial charge is 0.278 e. The number of likely N-dealkylation sites (tertiary alicyclic amines) is 1. The fourth-order valence-corrected chi connectivity index (χ4v) is 2.50. The summed E-state index contributed by atoms with van der Waals surface area (Å²) in [5.41, 5.74) is 1.55. The van der Waals surface area contributed by atoms with E-state index in [0.717, 1.165) is 5.56 Å². The van der Waals surface area contributed by atoms with Crippen LogP contribution in [0.5, 0.6) is 0 Å². The summed E-state index contributed by atoms with van der Waals surface area (Å²) in [6, 6.07) is 13.2. The van der Waals surface area contributed by atoms with Gasteiger partial charge in [-0.05, 0) is 17.7 Å². The molecular weight excluding hydrogens is 252 g/mol. The van der Waals surface area contributed by atoms with Crippen molar-refractivity contribution in [2.45, 2.75) is 12.3 Å². The summed E-state index contributed by atoms with van der Waals surface area (Å²) < 4.78 is 0. The third-order valence-electron chi connectivity index (χ3n) is 3.55. The van der Waals surface area contributed by atoms with Gasteiger partial charge in [-0.25, -0.2) is 0 Å². The molecule has 0 unspecified atom stereocenters. The minimum Gasteiger partial charge on any atom is -0.278 e. The molecule has 0 aliphatic carbocycles. The molecule has 3 rings (SSSR count). The lowest BCUT2D eigenvalue weighted by Gasteiger charge is -2.14. The Morgan fingerprint density at radius 1 is 1.15 bits per heavy atom. The van der Waals surface area contributed by atoms with Crippen molar-refractivity contribution in [3.8, 4) is 0 Å². The van der Waals surface area contributed by atoms with Gasteiger partial charge < -0.3 is 0 Å². The van der Waals surface area contributed by atoms with Crippen LogP contribution in [0.15, 0.2) is 54.9 Å². The number of hydrogen-bond acceptors (Lipinski definition) is 3. The van der Waals surface area contributed by atoms with Gasteiger partial charge in [-0.2, -0.15) is 0 Å². The van der Waals surface area contributed by atoms with Gasteiger partial charge in [0.1, 0.15) is 0 Å². The number of imide groups is 1. The second-order valence-electron chi connectivity index (χ2n) is 4.86. The Morgan fingerprint density at radius 3 is 2.65 bits per heavy atom. The van der Waals surface area contributed by atoms with E-state index in [1.807, 2.05) is 30.3 Å². The number of carbonyl (C=O) groups excluding carboxylic acids is 2. The number of rotatable bonds is 2. The molecule has 1 aliphatic rings. The standard InChI is InChI=1S/C16H14N2O2/c19-15-9-14(12-5-2-1-3-6-12)11-18(15)16(20)13-7-4-8-17-10-13/h1-8,10,14H,9,11H2/t14-/m1/s1. The zero-order valence-electron chi connectivity index (χ0n) is 10.9. The summed E-state index contributed by atoms with van der Waals surface area (Å²) in [6.45, 7) is 0.441. The second kappa shape index (κ2) is 5.25. The minimum absolute atomic E-state index is 0.0873. The summed E-state index contributed by atoms with van der Waals surface area (Å²) in [7, 11) is 0. The van der Waals surface area contributed by atoms with E-state index < -0.39 is 0 Å². The van der Waals surface area contributed by atoms with Crippen LogP contribution >= 0.6 is 0 Å². The number of carbonyl (C=O) groups is 2. The van der Waals surface area contributed by atoms with Crippen molar-refractivity contribution in [1.82, 2.24) is 9.88 Å². The van der Waals surface area contributed by atoms with Crippen molar-refractivity contribution in [2.75, 3.05) is 6.54 Å². The average Bonchev–Trinajstić information content (AvgIpc) is 2.90. The molecule has 0 bridgehead atoms. The number of amides is 2. The Kier molecular flexibility index (Phi) is 3.29. The molecule has 2 heterocycles. The van der Waals surface area contributed by atoms with Gasteiger partial charge in [-0.1, -0.05) is 30.3 Å². The molecule has 0 N–H and O–H groups in total. The van der Waals surface area contributed by atoms with E-state index in [0.29, 0.717) is 18.5 Å². The molecule has 0 spiro atoms. The topological polar surface area (TPSA) is 50.3 Å². The smallest absolute Gasteiger partial charge is 0.262 e. The molecule has 2 amide bonds. The zero-order valence-corrected chi connectivity index (χ0v) is 10.9. The lowest BCUT2D eigenvalue weighted by atomic mass is 9.98. The van der Waals surface area contributed by atoms with E-state index >= 15 is 0 Å². The Hall–Kier alpha value is -2.49. The predicted octanol–water partition coefficient (Wildman–Crippen LogP) is 2.24. The first-order chi connectivity index (χ1) is 9.75. The number of pyridine rings is 1. The molecule has 0 radical (unpaired) electrons. The van der Waals surface area contributed by atoms with Crippen LogP contribution in [0.1, 0.15) is 28.3 Å². The third-order valence-corrected chi connectivity index (χ3v) is 3.55. The molecule has 100 valence electrons. The molecule has 1 fully saturated rings. The SMILES string of the molecule is O=C1C[C@@H](c2ccccc2)CN1C(=O)c1cccnc1. The first kappa shape index (κ1) is 12.5. The number of nitrogens with zero attached hydrogens (tertiary/aromatic N) is 2. The van der Waals surface area contributed by atoms with E-state index in [1.165, 1.54) is 11.1 Å². The number of hydrogen-bond donors (Lipinski definition) is 0. The van der Waals surface area contributed by atoms with Crippen molar-refractivity contribution in [1.29, 1.82) is 0 Å². The molecule has 1 aromatic heterocycles. The maximum Gasteiger partial charge on any atom is 0.262 e. The van der Waals surface area contributed by atoms with Gasteiger partial charge in [0.05, 0.1) is 5.56 Å². The second-order valence-corrected chi connectivity index (χ2v) is 4.86. The van der Waals surface area contributed by atoms with Crippen LogP contribution in [0.25, 0.3) is 0 Å². The van der Waals surface area contributed by atoms with Crippen molar-refractivity contribution < 1.29 is 9.59 Å². The number of aromatic nitrogens is 1. The highest BCUT2D eigenvalue weighted by atomic mass is 16.2. The van der Waals surface area contributed by atoms with Gasteiger partial charge in [0.15, 0.2) is 0 Å². The molecule has 1 aromatic carbocycles. The molecule has 2 aromatic rings. The molecule has 1 saturated heterocycles. The first-order valence-electron chi connectivity index (χ1n) is 6.55. The van der Waals surface area contributed by atoms with Crippen LogP contribution in [0.4, 0.5) is 0 Å². The molecular formula is C16H14N2O2. The fourth-order valence-electron chi connectivity index (χ4n) is 2.50. The van der Waals surface area contributed by atoms with Crippen LogP contribution in [-0.4, -0.2) is 28.2 Å². The highest BCUT2D eigenvalue weighted by Crippen LogP contribution is 2.28. The van der Waals surface area contributed by atoms with Gasteiger partial charge in [-0.15, -0.1) is 0 Å². The Labute approximate surface area is 117 Å². The third kappa shape index (κ3) is 2.32. The maximum absolute atomic E-state index is 12.3. The van der Waals surface area contributed by atoms with Gasteiger partial charge in [-0.3, -0.25) is 19.5 Å². The molecule has 0 saturated carbocycles. The van der Waals surface area contributed by atoms with Gasteiger partial charge in [0, 0.05) is 31.3 Å². The lowest BCUT2D eigenvalue weighted by molar-refractivity contribution is -0.125. The minimum atomic E-state index is -0.262. The Balaban J connectivity index is 1.80. The summed E-state index contributed by atoms with van der Waals surface area (Å²) in [5.74, 6) is -0.293. The normalized spacial score (nSPS) is 18.3. The van der Waals surface area contributed by atoms with Crippen LogP contribution in [0, 0.1) is 0 Å². The number of benzene rings is 1. The Morgan fingerprint density at radius 2 is 1.95 bits per heavy atom. The van der Waals surface area contributed by atoms with Gasteiger partial charge in [0.25, 0.3) is 5.91 Å². The van der Waals surface area contributed by atoms with Crippen molar-refractivity contribution in [3.05, 3.63) is 66.0 Å². The summed E-state index contributed by atoms with van der Waals surface area (Å²) >= 11 is 0. The monoisotopic (exact) mass is 266 g/mol. The summed E-state index contributed by atoms with van der Waals surface area (Å²) in [6.07, 6.45) is 3.48. The van der Waals surface area contributed by atoms with E-state index in [2.05, 4.69) is 4.98 Å².